The van der Waals surface area contributed by atoms with Gasteiger partial charge in [0.2, 0.25) is 0 Å². The number of aliphatic imine (C=N–C) groups is 1. The van der Waals surface area contributed by atoms with Gasteiger partial charge in [-0.3, -0.25) is 0 Å². The van der Waals surface area contributed by atoms with Crippen molar-refractivity contribution in [1.82, 2.24) is 14.7 Å². The first-order valence-electron chi connectivity index (χ1n) is 7.05. The molecular weight excluding hydrogens is 348 g/mol. The molecule has 0 aromatic rings. The van der Waals surface area contributed by atoms with E-state index in [1.54, 1.807) is 0 Å². The molecule has 0 aliphatic heterocycles. The van der Waals surface area contributed by atoms with Crippen LogP contribution >= 0.6 is 19.4 Å². The van der Waals surface area contributed by atoms with E-state index in [4.69, 9.17) is 24.4 Å². The van der Waals surface area contributed by atoms with Crippen LogP contribution in [-0.4, -0.2) is 75.0 Å². The molecule has 0 amide bonds. The first-order chi connectivity index (χ1) is 9.34. The summed E-state index contributed by atoms with van der Waals surface area (Å²) in [4.78, 5) is 11.5. The van der Waals surface area contributed by atoms with Gasteiger partial charge in [-0.25, -0.2) is 4.99 Å². The van der Waals surface area contributed by atoms with Gasteiger partial charge in [0.15, 0.2) is 5.96 Å². The molecule has 116 valence electrons. The quantitative estimate of drug-likeness (QED) is 0.420. The predicted molar refractivity (Wildman–Crippen MR) is 86.2 cm³/mol. The van der Waals surface area contributed by atoms with Crippen LogP contribution in [0.2, 0.25) is 0 Å². The second kappa shape index (κ2) is 11.1. The molecule has 20 heavy (non-hydrogen) atoms. The van der Waals surface area contributed by atoms with Crippen molar-refractivity contribution in [2.45, 2.75) is 37.8 Å². The second-order valence-electron chi connectivity index (χ2n) is 5.70. The summed E-state index contributed by atoms with van der Waals surface area (Å²) >= 11 is -0.931. The molecule has 1 aliphatic rings. The molecular formula is C13H28Cl2N4Zn. The van der Waals surface area contributed by atoms with Crippen molar-refractivity contribution in [2.75, 3.05) is 42.3 Å². The van der Waals surface area contributed by atoms with Crippen LogP contribution in [0.4, 0.5) is 0 Å². The zero-order chi connectivity index (χ0) is 15.7. The Labute approximate surface area is 140 Å². The zero-order valence-electron chi connectivity index (χ0n) is 13.7. The van der Waals surface area contributed by atoms with E-state index < -0.39 is 15.1 Å². The van der Waals surface area contributed by atoms with E-state index in [0.717, 1.165) is 5.96 Å². The SMILES string of the molecule is CN(C)C(=N[C@@H]1CCCC[C@H]1N(C)C)N(C)C.[Cl][Zn][Cl]. The first-order valence-corrected chi connectivity index (χ1v) is 14.9. The van der Waals surface area contributed by atoms with Crippen LogP contribution in [-0.2, 0) is 15.1 Å². The summed E-state index contributed by atoms with van der Waals surface area (Å²) in [6.45, 7) is 0. The number of likely N-dealkylation sites (N-methyl/N-ethyl adjacent to an activating group) is 1. The minimum atomic E-state index is -0.931. The summed E-state index contributed by atoms with van der Waals surface area (Å²) in [5, 5.41) is 0. The van der Waals surface area contributed by atoms with Crippen LogP contribution in [0, 0.1) is 0 Å². The Morgan fingerprint density at radius 3 is 1.80 bits per heavy atom. The summed E-state index contributed by atoms with van der Waals surface area (Å²) in [5.41, 5.74) is 0. The maximum atomic E-state index is 4.96. The van der Waals surface area contributed by atoms with Crippen LogP contribution in [0.3, 0.4) is 0 Å². The van der Waals surface area contributed by atoms with Gasteiger partial charge in [-0.15, -0.1) is 0 Å². The van der Waals surface area contributed by atoms with E-state index in [1.807, 2.05) is 0 Å². The Morgan fingerprint density at radius 1 is 0.950 bits per heavy atom. The van der Waals surface area contributed by atoms with Gasteiger partial charge < -0.3 is 14.7 Å². The molecule has 0 aromatic carbocycles. The van der Waals surface area contributed by atoms with Crippen LogP contribution in [0.5, 0.6) is 0 Å². The standard InChI is InChI=1S/C13H28N4.2ClH.Zn/c1-15(2)12-10-8-7-9-11(12)14-13(16(3)4)17(5)6;;;/h11-12H,7-10H2,1-6H3;2*1H;/q;;;+2/p-2/t11-,12-;;;/m1.../s1. The zero-order valence-corrected chi connectivity index (χ0v) is 18.2. The molecule has 0 N–H and O–H groups in total. The number of hydrogen-bond acceptors (Lipinski definition) is 2. The van der Waals surface area contributed by atoms with E-state index in [0.29, 0.717) is 12.1 Å². The summed E-state index contributed by atoms with van der Waals surface area (Å²) < 4.78 is 0. The van der Waals surface area contributed by atoms with Crippen LogP contribution in [0.15, 0.2) is 4.99 Å². The van der Waals surface area contributed by atoms with E-state index in [-0.39, 0.29) is 0 Å². The van der Waals surface area contributed by atoms with Gasteiger partial charge in [0.25, 0.3) is 0 Å². The molecule has 0 spiro atoms. The molecule has 0 aromatic heterocycles. The van der Waals surface area contributed by atoms with Crippen molar-refractivity contribution >= 4 is 25.3 Å². The molecule has 0 saturated heterocycles. The Hall–Kier alpha value is 0.433. The Balaban J connectivity index is 0.00000110. The maximum absolute atomic E-state index is 4.96. The van der Waals surface area contributed by atoms with Gasteiger partial charge in [-0.05, 0) is 26.9 Å². The van der Waals surface area contributed by atoms with Crippen molar-refractivity contribution in [3.05, 3.63) is 0 Å². The van der Waals surface area contributed by atoms with Crippen molar-refractivity contribution in [3.8, 4) is 0 Å². The average molecular weight is 377 g/mol. The van der Waals surface area contributed by atoms with E-state index in [2.05, 4.69) is 57.0 Å². The third kappa shape index (κ3) is 7.44. The Morgan fingerprint density at radius 2 is 1.40 bits per heavy atom. The number of hydrogen-bond donors (Lipinski definition) is 0. The van der Waals surface area contributed by atoms with Crippen molar-refractivity contribution in [3.63, 3.8) is 0 Å². The predicted octanol–water partition coefficient (Wildman–Crippen LogP) is 2.71. The number of rotatable bonds is 2. The topological polar surface area (TPSA) is 22.1 Å². The van der Waals surface area contributed by atoms with Gasteiger partial charge in [0.1, 0.15) is 0 Å². The molecule has 4 nitrogen and oxygen atoms in total. The monoisotopic (exact) mass is 374 g/mol. The molecule has 1 saturated carbocycles. The van der Waals surface area contributed by atoms with E-state index >= 15 is 0 Å². The van der Waals surface area contributed by atoms with E-state index in [1.165, 1.54) is 25.7 Å². The van der Waals surface area contributed by atoms with Crippen molar-refractivity contribution < 1.29 is 15.1 Å². The Bertz CT molecular complexity index is 276. The first kappa shape index (κ1) is 20.4. The molecule has 1 rings (SSSR count). The molecule has 0 unspecified atom stereocenters. The van der Waals surface area contributed by atoms with Crippen molar-refractivity contribution in [1.29, 1.82) is 0 Å². The van der Waals surface area contributed by atoms with Crippen LogP contribution in [0.1, 0.15) is 25.7 Å². The summed E-state index contributed by atoms with van der Waals surface area (Å²) in [7, 11) is 22.5. The van der Waals surface area contributed by atoms with Crippen LogP contribution < -0.4 is 0 Å². The number of halogens is 2. The number of guanidine groups is 1. The van der Waals surface area contributed by atoms with Gasteiger partial charge >= 0.3 is 34.5 Å². The van der Waals surface area contributed by atoms with Crippen molar-refractivity contribution in [2.24, 2.45) is 4.99 Å². The minimum absolute atomic E-state index is 0.443. The third-order valence-corrected chi connectivity index (χ3v) is 3.44. The fraction of sp³-hybridized carbons (Fsp3) is 0.923. The molecule has 0 radical (unpaired) electrons. The fourth-order valence-corrected chi connectivity index (χ4v) is 2.62. The molecule has 0 bridgehead atoms. The van der Waals surface area contributed by atoms with E-state index in [9.17, 15) is 0 Å². The molecule has 2 atom stereocenters. The van der Waals surface area contributed by atoms with Gasteiger partial charge in [0.05, 0.1) is 6.04 Å². The van der Waals surface area contributed by atoms with Gasteiger partial charge in [-0.1, -0.05) is 12.8 Å². The molecule has 7 heteroatoms. The number of nitrogens with zero attached hydrogens (tertiary/aromatic N) is 4. The van der Waals surface area contributed by atoms with Gasteiger partial charge in [0, 0.05) is 34.2 Å². The summed E-state index contributed by atoms with van der Waals surface area (Å²) in [6, 6.07) is 1.04. The summed E-state index contributed by atoms with van der Waals surface area (Å²) in [6.07, 6.45) is 5.14. The molecule has 0 heterocycles. The molecule has 1 fully saturated rings. The Kier molecular flexibility index (Phi) is 11.3. The average Bonchev–Trinajstić information content (AvgIpc) is 2.36. The third-order valence-electron chi connectivity index (χ3n) is 3.44. The summed E-state index contributed by atoms with van der Waals surface area (Å²) in [5.74, 6) is 1.07. The second-order valence-corrected chi connectivity index (χ2v) is 10.3. The molecule has 1 aliphatic carbocycles. The fourth-order valence-electron chi connectivity index (χ4n) is 2.62. The van der Waals surface area contributed by atoms with Gasteiger partial charge in [-0.2, -0.15) is 0 Å². The van der Waals surface area contributed by atoms with Crippen LogP contribution in [0.25, 0.3) is 0 Å². The normalized spacial score (nSPS) is 21.4.